The van der Waals surface area contributed by atoms with Gasteiger partial charge in [0.1, 0.15) is 6.04 Å². The van der Waals surface area contributed by atoms with Gasteiger partial charge in [-0.1, -0.05) is 12.1 Å². The SMILES string of the molecule is Cc1ccc(C)c(N2CCN(CCCNC(=O)c3ccc4c(c3)NC(=O)[C@H]3CCCCN43)CC2)c1. The smallest absolute Gasteiger partial charge is 0.251 e. The number of rotatable bonds is 6. The normalized spacial score (nSPS) is 20.2. The number of piperazine rings is 1. The summed E-state index contributed by atoms with van der Waals surface area (Å²) in [6.45, 7) is 11.0. The van der Waals surface area contributed by atoms with Gasteiger partial charge in [0.25, 0.3) is 5.91 Å². The molecule has 2 amide bonds. The Morgan fingerprint density at radius 2 is 1.83 bits per heavy atom. The van der Waals surface area contributed by atoms with Crippen LogP contribution in [0.1, 0.15) is 47.2 Å². The Bertz CT molecular complexity index is 1090. The van der Waals surface area contributed by atoms with Crippen LogP contribution in [0.4, 0.5) is 17.1 Å². The van der Waals surface area contributed by atoms with Gasteiger partial charge in [-0.15, -0.1) is 0 Å². The van der Waals surface area contributed by atoms with E-state index in [0.717, 1.165) is 76.3 Å². The fraction of sp³-hybridized carbons (Fsp3) is 0.500. The van der Waals surface area contributed by atoms with E-state index >= 15 is 0 Å². The molecule has 3 heterocycles. The number of anilines is 3. The van der Waals surface area contributed by atoms with Gasteiger partial charge in [-0.25, -0.2) is 0 Å². The number of benzene rings is 2. The van der Waals surface area contributed by atoms with Crippen molar-refractivity contribution in [1.82, 2.24) is 10.2 Å². The van der Waals surface area contributed by atoms with Crippen LogP contribution in [0, 0.1) is 13.8 Å². The van der Waals surface area contributed by atoms with Crippen molar-refractivity contribution < 1.29 is 9.59 Å². The van der Waals surface area contributed by atoms with Crippen LogP contribution in [0.15, 0.2) is 36.4 Å². The van der Waals surface area contributed by atoms with Crippen LogP contribution in [0.3, 0.4) is 0 Å². The van der Waals surface area contributed by atoms with Crippen molar-refractivity contribution in [1.29, 1.82) is 0 Å². The molecule has 2 saturated heterocycles. The topological polar surface area (TPSA) is 67.9 Å². The molecule has 0 radical (unpaired) electrons. The molecule has 2 aromatic carbocycles. The number of nitrogens with zero attached hydrogens (tertiary/aromatic N) is 3. The second-order valence-electron chi connectivity index (χ2n) is 10.2. The fourth-order valence-electron chi connectivity index (χ4n) is 5.62. The van der Waals surface area contributed by atoms with Gasteiger partial charge in [0.05, 0.1) is 11.4 Å². The summed E-state index contributed by atoms with van der Waals surface area (Å²) in [6.07, 6.45) is 4.01. The Hall–Kier alpha value is -3.06. The summed E-state index contributed by atoms with van der Waals surface area (Å²) < 4.78 is 0. The maximum atomic E-state index is 12.7. The minimum atomic E-state index is -0.0810. The van der Waals surface area contributed by atoms with Crippen LogP contribution in [-0.4, -0.2) is 68.6 Å². The lowest BCUT2D eigenvalue weighted by Crippen LogP contribution is -2.50. The number of nitrogens with one attached hydrogen (secondary N) is 2. The quantitative estimate of drug-likeness (QED) is 0.626. The molecule has 35 heavy (non-hydrogen) atoms. The van der Waals surface area contributed by atoms with Gasteiger partial charge in [0.2, 0.25) is 5.91 Å². The van der Waals surface area contributed by atoms with Crippen LogP contribution >= 0.6 is 0 Å². The molecule has 0 saturated carbocycles. The monoisotopic (exact) mass is 475 g/mol. The highest BCUT2D eigenvalue weighted by Gasteiger charge is 2.34. The lowest BCUT2D eigenvalue weighted by molar-refractivity contribution is -0.118. The summed E-state index contributed by atoms with van der Waals surface area (Å²) in [6, 6.07) is 12.3. The van der Waals surface area contributed by atoms with E-state index in [-0.39, 0.29) is 17.9 Å². The summed E-state index contributed by atoms with van der Waals surface area (Å²) in [5, 5.41) is 6.07. The molecule has 0 spiro atoms. The second kappa shape index (κ2) is 10.3. The molecule has 2 aromatic rings. The number of fused-ring (bicyclic) bond motifs is 3. The number of piperidine rings is 1. The Kier molecular flexibility index (Phi) is 6.95. The molecular weight excluding hydrogens is 438 g/mol. The van der Waals surface area contributed by atoms with Gasteiger partial charge in [0, 0.05) is 50.5 Å². The number of carbonyl (C=O) groups excluding carboxylic acids is 2. The van der Waals surface area contributed by atoms with E-state index in [4.69, 9.17) is 0 Å². The maximum Gasteiger partial charge on any atom is 0.251 e. The van der Waals surface area contributed by atoms with Crippen molar-refractivity contribution in [2.24, 2.45) is 0 Å². The third-order valence-electron chi connectivity index (χ3n) is 7.65. The number of amides is 2. The fourth-order valence-corrected chi connectivity index (χ4v) is 5.62. The average Bonchev–Trinajstić information content (AvgIpc) is 2.88. The number of hydrogen-bond donors (Lipinski definition) is 2. The van der Waals surface area contributed by atoms with E-state index < -0.39 is 0 Å². The van der Waals surface area contributed by atoms with E-state index in [2.05, 4.69) is 57.4 Å². The van der Waals surface area contributed by atoms with E-state index in [0.29, 0.717) is 12.1 Å². The molecule has 0 bridgehead atoms. The molecule has 5 rings (SSSR count). The van der Waals surface area contributed by atoms with Gasteiger partial charge in [-0.2, -0.15) is 0 Å². The van der Waals surface area contributed by atoms with Crippen LogP contribution < -0.4 is 20.4 Å². The molecule has 7 heteroatoms. The Balaban J connectivity index is 1.08. The molecule has 2 N–H and O–H groups in total. The van der Waals surface area contributed by atoms with Gasteiger partial charge >= 0.3 is 0 Å². The minimum absolute atomic E-state index is 0.0485. The van der Waals surface area contributed by atoms with Crippen LogP contribution in [0.2, 0.25) is 0 Å². The summed E-state index contributed by atoms with van der Waals surface area (Å²) >= 11 is 0. The molecule has 3 aliphatic heterocycles. The van der Waals surface area contributed by atoms with Crippen molar-refractivity contribution >= 4 is 28.9 Å². The molecule has 3 aliphatic rings. The van der Waals surface area contributed by atoms with Crippen LogP contribution in [0.5, 0.6) is 0 Å². The van der Waals surface area contributed by atoms with Crippen molar-refractivity contribution in [3.8, 4) is 0 Å². The zero-order valence-electron chi connectivity index (χ0n) is 21.0. The highest BCUT2D eigenvalue weighted by molar-refractivity contribution is 6.05. The molecule has 186 valence electrons. The summed E-state index contributed by atoms with van der Waals surface area (Å²) in [5.41, 5.74) is 6.38. The second-order valence-corrected chi connectivity index (χ2v) is 10.2. The first-order valence-electron chi connectivity index (χ1n) is 13.0. The third kappa shape index (κ3) is 5.15. The van der Waals surface area contributed by atoms with Crippen molar-refractivity contribution in [2.75, 3.05) is 60.9 Å². The highest BCUT2D eigenvalue weighted by Crippen LogP contribution is 2.36. The van der Waals surface area contributed by atoms with Gasteiger partial charge in [-0.05, 0) is 81.5 Å². The molecule has 0 aliphatic carbocycles. The van der Waals surface area contributed by atoms with Crippen molar-refractivity contribution in [2.45, 2.75) is 45.6 Å². The summed E-state index contributed by atoms with van der Waals surface area (Å²) in [7, 11) is 0. The zero-order chi connectivity index (χ0) is 24.4. The van der Waals surface area contributed by atoms with E-state index in [9.17, 15) is 9.59 Å². The molecule has 7 nitrogen and oxygen atoms in total. The summed E-state index contributed by atoms with van der Waals surface area (Å²) in [4.78, 5) is 32.4. The zero-order valence-corrected chi connectivity index (χ0v) is 21.0. The molecule has 2 fully saturated rings. The van der Waals surface area contributed by atoms with E-state index in [1.165, 1.54) is 16.8 Å². The molecule has 0 aromatic heterocycles. The third-order valence-corrected chi connectivity index (χ3v) is 7.65. The first-order chi connectivity index (χ1) is 17.0. The Labute approximate surface area is 208 Å². The van der Waals surface area contributed by atoms with Gasteiger partial charge in [-0.3, -0.25) is 14.5 Å². The van der Waals surface area contributed by atoms with Crippen molar-refractivity contribution in [3.63, 3.8) is 0 Å². The predicted octanol–water partition coefficient (Wildman–Crippen LogP) is 3.56. The summed E-state index contributed by atoms with van der Waals surface area (Å²) in [5.74, 6) is -0.0324. The van der Waals surface area contributed by atoms with Gasteiger partial charge in [0.15, 0.2) is 0 Å². The predicted molar refractivity (Wildman–Crippen MR) is 142 cm³/mol. The maximum absolute atomic E-state index is 12.7. The van der Waals surface area contributed by atoms with Crippen LogP contribution in [0.25, 0.3) is 0 Å². The Morgan fingerprint density at radius 3 is 2.66 bits per heavy atom. The largest absolute Gasteiger partial charge is 0.369 e. The first-order valence-corrected chi connectivity index (χ1v) is 13.0. The highest BCUT2D eigenvalue weighted by atomic mass is 16.2. The average molecular weight is 476 g/mol. The molecule has 0 unspecified atom stereocenters. The van der Waals surface area contributed by atoms with E-state index in [1.54, 1.807) is 0 Å². The minimum Gasteiger partial charge on any atom is -0.369 e. The lowest BCUT2D eigenvalue weighted by atomic mass is 9.97. The number of carbonyl (C=O) groups is 2. The first kappa shape index (κ1) is 23.7. The van der Waals surface area contributed by atoms with Crippen molar-refractivity contribution in [3.05, 3.63) is 53.1 Å². The van der Waals surface area contributed by atoms with E-state index in [1.807, 2.05) is 18.2 Å². The van der Waals surface area contributed by atoms with Crippen LogP contribution in [-0.2, 0) is 4.79 Å². The molecule has 1 atom stereocenters. The molecular formula is C28H37N5O2. The number of aryl methyl sites for hydroxylation is 2. The number of hydrogen-bond acceptors (Lipinski definition) is 5. The lowest BCUT2D eigenvalue weighted by Gasteiger charge is -2.41. The standard InChI is InChI=1S/C28H37N5O2/c1-20-7-8-21(2)26(18-20)32-16-14-31(15-17-32)12-5-11-29-27(34)22-9-10-24-23(19-22)30-28(35)25-6-3-4-13-33(24)25/h7-10,18-19,25H,3-6,11-17H2,1-2H3,(H,29,34)(H,30,35)/t25-/m1/s1. The van der Waals surface area contributed by atoms with Gasteiger partial charge < -0.3 is 20.4 Å². The Morgan fingerprint density at radius 1 is 1.00 bits per heavy atom.